The second-order valence-corrected chi connectivity index (χ2v) is 7.66. The molecular weight excluding hydrogens is 514 g/mol. The zero-order valence-electron chi connectivity index (χ0n) is 19.2. The summed E-state index contributed by atoms with van der Waals surface area (Å²) in [5.41, 5.74) is 3.66. The number of hydrogen-bond donors (Lipinski definition) is 5. The highest BCUT2D eigenvalue weighted by atomic mass is 19.4. The van der Waals surface area contributed by atoms with Gasteiger partial charge in [-0.05, 0) is 36.8 Å². The van der Waals surface area contributed by atoms with Gasteiger partial charge in [0.1, 0.15) is 11.0 Å². The molecule has 198 valence electrons. The van der Waals surface area contributed by atoms with Crippen LogP contribution in [0.2, 0.25) is 0 Å². The highest BCUT2D eigenvalue weighted by Gasteiger charge is 2.38. The van der Waals surface area contributed by atoms with Crippen molar-refractivity contribution in [3.8, 4) is 0 Å². The third-order valence-corrected chi connectivity index (χ3v) is 5.09. The van der Waals surface area contributed by atoms with Gasteiger partial charge < -0.3 is 20.4 Å². The van der Waals surface area contributed by atoms with Gasteiger partial charge in [0.05, 0.1) is 23.6 Å². The molecule has 0 bridgehead atoms. The van der Waals surface area contributed by atoms with Gasteiger partial charge >= 0.3 is 12.1 Å². The first-order valence-electron chi connectivity index (χ1n) is 10.9. The van der Waals surface area contributed by atoms with E-state index in [2.05, 4.69) is 40.9 Å². The van der Waals surface area contributed by atoms with Gasteiger partial charge in [0, 0.05) is 24.2 Å². The summed E-state index contributed by atoms with van der Waals surface area (Å²) in [6.45, 7) is 0.326. The van der Waals surface area contributed by atoms with Crippen molar-refractivity contribution in [1.82, 2.24) is 35.6 Å². The van der Waals surface area contributed by atoms with Crippen molar-refractivity contribution in [2.45, 2.75) is 12.6 Å². The SMILES string of the molecule is O=C(O)C(F)(F)F.OCCCN(c1nc(Nc2ccc3n[nH]nc3c2)ncc1F)c1cccc2[nH]ncc12. The number of fused-ring (bicyclic) bond motifs is 2. The van der Waals surface area contributed by atoms with Crippen LogP contribution in [-0.2, 0) is 4.79 Å². The van der Waals surface area contributed by atoms with Crippen LogP contribution in [0.25, 0.3) is 21.9 Å². The summed E-state index contributed by atoms with van der Waals surface area (Å²) in [7, 11) is 0. The first-order chi connectivity index (χ1) is 18.2. The van der Waals surface area contributed by atoms with Crippen LogP contribution in [0, 0.1) is 5.82 Å². The van der Waals surface area contributed by atoms with Gasteiger partial charge in [0.15, 0.2) is 11.6 Å². The number of alkyl halides is 3. The minimum absolute atomic E-state index is 0.0343. The Morgan fingerprint density at radius 1 is 1.11 bits per heavy atom. The van der Waals surface area contributed by atoms with Crippen molar-refractivity contribution in [1.29, 1.82) is 0 Å². The van der Waals surface area contributed by atoms with Crippen molar-refractivity contribution in [2.75, 3.05) is 23.4 Å². The predicted molar refractivity (Wildman–Crippen MR) is 128 cm³/mol. The van der Waals surface area contributed by atoms with Crippen molar-refractivity contribution in [3.63, 3.8) is 0 Å². The Morgan fingerprint density at radius 2 is 1.87 bits per heavy atom. The number of anilines is 4. The largest absolute Gasteiger partial charge is 0.490 e. The zero-order chi connectivity index (χ0) is 27.3. The number of carboxylic acid groups (broad SMARTS) is 1. The fourth-order valence-electron chi connectivity index (χ4n) is 3.41. The van der Waals surface area contributed by atoms with Crippen molar-refractivity contribution >= 4 is 51.0 Å². The molecule has 2 aromatic carbocycles. The van der Waals surface area contributed by atoms with Crippen LogP contribution in [0.15, 0.2) is 48.8 Å². The maximum atomic E-state index is 14.9. The Hall–Kier alpha value is -4.86. The van der Waals surface area contributed by atoms with Gasteiger partial charge in [0.25, 0.3) is 0 Å². The number of carbonyl (C=O) groups is 1. The second-order valence-electron chi connectivity index (χ2n) is 7.66. The van der Waals surface area contributed by atoms with Crippen LogP contribution >= 0.6 is 0 Å². The quantitative estimate of drug-likeness (QED) is 0.195. The van der Waals surface area contributed by atoms with Gasteiger partial charge in [0.2, 0.25) is 5.95 Å². The Morgan fingerprint density at radius 3 is 2.61 bits per heavy atom. The van der Waals surface area contributed by atoms with E-state index in [9.17, 15) is 22.7 Å². The first-order valence-corrected chi connectivity index (χ1v) is 10.9. The number of nitrogens with zero attached hydrogens (tertiary/aromatic N) is 6. The van der Waals surface area contributed by atoms with E-state index in [0.29, 0.717) is 24.2 Å². The number of aromatic nitrogens is 7. The number of benzene rings is 2. The molecule has 0 spiro atoms. The minimum Gasteiger partial charge on any atom is -0.475 e. The topological polar surface area (TPSA) is 169 Å². The van der Waals surface area contributed by atoms with E-state index < -0.39 is 18.0 Å². The molecule has 0 radical (unpaired) electrons. The van der Waals surface area contributed by atoms with Crippen LogP contribution < -0.4 is 10.2 Å². The average Bonchev–Trinajstić information content (AvgIpc) is 3.55. The fourth-order valence-corrected chi connectivity index (χ4v) is 3.41. The van der Waals surface area contributed by atoms with Gasteiger partial charge in [-0.15, -0.1) is 0 Å². The molecule has 38 heavy (non-hydrogen) atoms. The van der Waals surface area contributed by atoms with Crippen molar-refractivity contribution in [3.05, 3.63) is 54.6 Å². The molecule has 0 saturated heterocycles. The minimum atomic E-state index is -5.08. The van der Waals surface area contributed by atoms with Crippen LogP contribution in [0.4, 0.5) is 40.7 Å². The third kappa shape index (κ3) is 5.92. The molecule has 0 aliphatic heterocycles. The van der Waals surface area contributed by atoms with E-state index in [-0.39, 0.29) is 18.4 Å². The lowest BCUT2D eigenvalue weighted by Crippen LogP contribution is -2.22. The van der Waals surface area contributed by atoms with E-state index in [1.165, 1.54) is 0 Å². The standard InChI is InChI=1S/C20H18FN9O.C2HF3O2/c21-14-11-22-20(24-12-5-6-16-17(9-12)28-29-27-16)25-19(14)30(7-2-8-31)18-4-1-3-15-13(18)10-23-26-15;3-2(4,5)1(6)7/h1,3-6,9-11,31H,2,7-8H2,(H,23,26)(H,22,24,25)(H,27,28,29);(H,6,7). The number of hydrogen-bond acceptors (Lipinski definition) is 9. The second kappa shape index (κ2) is 11.0. The fraction of sp³-hybridized carbons (Fsp3) is 0.182. The van der Waals surface area contributed by atoms with Crippen molar-refractivity contribution in [2.24, 2.45) is 0 Å². The summed E-state index contributed by atoms with van der Waals surface area (Å²) in [5.74, 6) is -3.00. The molecule has 0 fully saturated rings. The molecule has 0 atom stereocenters. The maximum Gasteiger partial charge on any atom is 0.490 e. The summed E-state index contributed by atoms with van der Waals surface area (Å²) >= 11 is 0. The summed E-state index contributed by atoms with van der Waals surface area (Å²) in [4.78, 5) is 19.1. The predicted octanol–water partition coefficient (Wildman–Crippen LogP) is 3.66. The average molecular weight is 533 g/mol. The Balaban J connectivity index is 0.000000426. The van der Waals surface area contributed by atoms with E-state index >= 15 is 0 Å². The third-order valence-electron chi connectivity index (χ3n) is 5.09. The molecule has 0 aliphatic rings. The molecule has 3 aromatic heterocycles. The van der Waals surface area contributed by atoms with Crippen LogP contribution in [-0.4, -0.2) is 71.1 Å². The molecule has 5 rings (SSSR count). The molecule has 0 amide bonds. The number of carboxylic acids is 1. The van der Waals surface area contributed by atoms with E-state index in [4.69, 9.17) is 9.90 Å². The van der Waals surface area contributed by atoms with Crippen LogP contribution in [0.3, 0.4) is 0 Å². The summed E-state index contributed by atoms with van der Waals surface area (Å²) < 4.78 is 46.6. The molecule has 0 saturated carbocycles. The van der Waals surface area contributed by atoms with Gasteiger partial charge in [-0.3, -0.25) is 5.10 Å². The number of rotatable bonds is 7. The monoisotopic (exact) mass is 533 g/mol. The molecule has 5 N–H and O–H groups in total. The van der Waals surface area contributed by atoms with E-state index in [1.54, 1.807) is 23.2 Å². The molecule has 3 heterocycles. The summed E-state index contributed by atoms with van der Waals surface area (Å²) in [5, 5.41) is 38.0. The number of aromatic amines is 2. The number of H-pyrrole nitrogens is 2. The van der Waals surface area contributed by atoms with Crippen molar-refractivity contribution < 1.29 is 32.6 Å². The molecule has 0 unspecified atom stereocenters. The lowest BCUT2D eigenvalue weighted by Gasteiger charge is -2.25. The number of aliphatic carboxylic acids is 1. The summed E-state index contributed by atoms with van der Waals surface area (Å²) in [6.07, 6.45) is -1.84. The maximum absolute atomic E-state index is 14.9. The van der Waals surface area contributed by atoms with E-state index in [1.807, 2.05) is 24.3 Å². The highest BCUT2D eigenvalue weighted by Crippen LogP contribution is 2.32. The Kier molecular flexibility index (Phi) is 7.61. The number of nitrogens with one attached hydrogen (secondary N) is 3. The lowest BCUT2D eigenvalue weighted by atomic mass is 10.2. The molecule has 0 aliphatic carbocycles. The first kappa shape index (κ1) is 26.2. The highest BCUT2D eigenvalue weighted by molar-refractivity contribution is 5.93. The zero-order valence-corrected chi connectivity index (χ0v) is 19.2. The molecule has 12 nitrogen and oxygen atoms in total. The Labute approximate surface area is 210 Å². The molecule has 16 heteroatoms. The van der Waals surface area contributed by atoms with Gasteiger partial charge in [-0.25, -0.2) is 14.2 Å². The number of aliphatic hydroxyl groups excluding tert-OH is 1. The number of aliphatic hydroxyl groups is 1. The smallest absolute Gasteiger partial charge is 0.475 e. The molecular formula is C22H19F4N9O3. The Bertz CT molecular complexity index is 1550. The number of halogens is 4. The van der Waals surface area contributed by atoms with E-state index in [0.717, 1.165) is 28.3 Å². The normalized spacial score (nSPS) is 11.3. The lowest BCUT2D eigenvalue weighted by molar-refractivity contribution is -0.192. The van der Waals surface area contributed by atoms with Gasteiger partial charge in [-0.1, -0.05) is 6.07 Å². The van der Waals surface area contributed by atoms with Crippen LogP contribution in [0.5, 0.6) is 0 Å². The van der Waals surface area contributed by atoms with Gasteiger partial charge in [-0.2, -0.15) is 38.7 Å². The van der Waals surface area contributed by atoms with Crippen LogP contribution in [0.1, 0.15) is 6.42 Å². The molecule has 5 aromatic rings. The summed E-state index contributed by atoms with van der Waals surface area (Å²) in [6, 6.07) is 11.0.